The predicted octanol–water partition coefficient (Wildman–Crippen LogP) is 4.18. The third-order valence-corrected chi connectivity index (χ3v) is 4.35. The normalized spacial score (nSPS) is 10.6. The first kappa shape index (κ1) is 21.6. The number of carbonyl (C=O) groups is 3. The van der Waals surface area contributed by atoms with Crippen molar-refractivity contribution in [3.63, 3.8) is 0 Å². The van der Waals surface area contributed by atoms with Gasteiger partial charge in [0.2, 0.25) is 0 Å². The Kier molecular flexibility index (Phi) is 7.01. The van der Waals surface area contributed by atoms with Gasteiger partial charge < -0.3 is 18.6 Å². The van der Waals surface area contributed by atoms with Crippen LogP contribution in [0.25, 0.3) is 17.4 Å². The second-order valence-electron chi connectivity index (χ2n) is 6.33. The van der Waals surface area contributed by atoms with E-state index in [4.69, 9.17) is 13.9 Å². The number of furan rings is 1. The molecule has 0 atom stereocenters. The molecule has 3 rings (SSSR count). The minimum absolute atomic E-state index is 0.205. The van der Waals surface area contributed by atoms with Crippen molar-refractivity contribution in [3.05, 3.63) is 83.6 Å². The van der Waals surface area contributed by atoms with Crippen molar-refractivity contribution in [3.8, 4) is 17.1 Å². The number of hydrogen-bond acceptors (Lipinski definition) is 7. The standard InChI is InChI=1S/C24H20O7/c1-28-23(26)15-30-17-9-7-16(8-10-17)21(25)13-11-18-12-14-22(31-18)19-5-3-4-6-20(19)24(27)29-2/h3-14H,15H2,1-2H3/b13-11+. The van der Waals surface area contributed by atoms with Crippen molar-refractivity contribution in [2.24, 2.45) is 0 Å². The van der Waals surface area contributed by atoms with E-state index in [2.05, 4.69) is 4.74 Å². The maximum Gasteiger partial charge on any atom is 0.343 e. The molecule has 0 aliphatic heterocycles. The number of ether oxygens (including phenoxy) is 3. The molecule has 0 aliphatic carbocycles. The van der Waals surface area contributed by atoms with Gasteiger partial charge in [0, 0.05) is 11.1 Å². The van der Waals surface area contributed by atoms with Crippen molar-refractivity contribution < 1.29 is 33.0 Å². The van der Waals surface area contributed by atoms with Crippen LogP contribution in [0.1, 0.15) is 26.5 Å². The number of benzene rings is 2. The molecule has 0 saturated heterocycles. The largest absolute Gasteiger partial charge is 0.482 e. The molecule has 0 saturated carbocycles. The van der Waals surface area contributed by atoms with Gasteiger partial charge in [0.05, 0.1) is 19.8 Å². The molecule has 158 valence electrons. The Balaban J connectivity index is 1.68. The number of rotatable bonds is 8. The Morgan fingerprint density at radius 1 is 0.903 bits per heavy atom. The fraction of sp³-hybridized carbons (Fsp3) is 0.125. The molecule has 1 aromatic heterocycles. The number of allylic oxidation sites excluding steroid dienone is 1. The third-order valence-electron chi connectivity index (χ3n) is 4.35. The third kappa shape index (κ3) is 5.48. The number of ketones is 1. The molecule has 0 fully saturated rings. The van der Waals surface area contributed by atoms with Gasteiger partial charge in [-0.05, 0) is 54.6 Å². The SMILES string of the molecule is COC(=O)COc1ccc(C(=O)/C=C/c2ccc(-c3ccccc3C(=O)OC)o2)cc1. The molecule has 0 aliphatic rings. The van der Waals surface area contributed by atoms with Crippen molar-refractivity contribution in [1.82, 2.24) is 0 Å². The Morgan fingerprint density at radius 2 is 1.65 bits per heavy atom. The fourth-order valence-electron chi connectivity index (χ4n) is 2.74. The maximum absolute atomic E-state index is 12.4. The van der Waals surface area contributed by atoms with Crippen molar-refractivity contribution in [2.45, 2.75) is 0 Å². The van der Waals surface area contributed by atoms with E-state index >= 15 is 0 Å². The van der Waals surface area contributed by atoms with Crippen LogP contribution in [0.2, 0.25) is 0 Å². The average molecular weight is 420 g/mol. The molecule has 0 radical (unpaired) electrons. The molecule has 1 heterocycles. The van der Waals surface area contributed by atoms with Gasteiger partial charge in [-0.15, -0.1) is 0 Å². The van der Waals surface area contributed by atoms with E-state index in [1.807, 2.05) is 0 Å². The lowest BCUT2D eigenvalue weighted by Crippen LogP contribution is -2.12. The van der Waals surface area contributed by atoms with Gasteiger partial charge in [-0.3, -0.25) is 4.79 Å². The smallest absolute Gasteiger partial charge is 0.343 e. The van der Waals surface area contributed by atoms with Gasteiger partial charge >= 0.3 is 11.9 Å². The number of hydrogen-bond donors (Lipinski definition) is 0. The summed E-state index contributed by atoms with van der Waals surface area (Å²) < 4.78 is 20.3. The van der Waals surface area contributed by atoms with Crippen LogP contribution in [0.5, 0.6) is 5.75 Å². The minimum atomic E-state index is -0.491. The average Bonchev–Trinajstić information content (AvgIpc) is 3.29. The van der Waals surface area contributed by atoms with E-state index < -0.39 is 11.9 Å². The fourth-order valence-corrected chi connectivity index (χ4v) is 2.74. The highest BCUT2D eigenvalue weighted by molar-refractivity contribution is 6.06. The summed E-state index contributed by atoms with van der Waals surface area (Å²) >= 11 is 0. The Bertz CT molecular complexity index is 1110. The van der Waals surface area contributed by atoms with Crippen LogP contribution in [0, 0.1) is 0 Å². The molecular formula is C24H20O7. The van der Waals surface area contributed by atoms with Crippen molar-refractivity contribution in [1.29, 1.82) is 0 Å². The first-order valence-corrected chi connectivity index (χ1v) is 9.31. The molecule has 0 bridgehead atoms. The van der Waals surface area contributed by atoms with Crippen LogP contribution in [0.4, 0.5) is 0 Å². The summed E-state index contributed by atoms with van der Waals surface area (Å²) in [5, 5.41) is 0. The lowest BCUT2D eigenvalue weighted by molar-refractivity contribution is -0.142. The van der Waals surface area contributed by atoms with Gasteiger partial charge in [-0.2, -0.15) is 0 Å². The van der Waals surface area contributed by atoms with Gasteiger partial charge in [0.25, 0.3) is 0 Å². The van der Waals surface area contributed by atoms with Gasteiger partial charge in [0.15, 0.2) is 12.4 Å². The Labute approximate surface area is 178 Å². The van der Waals surface area contributed by atoms with Crippen LogP contribution in [0.3, 0.4) is 0 Å². The molecule has 7 heteroatoms. The number of methoxy groups -OCH3 is 2. The molecule has 7 nitrogen and oxygen atoms in total. The van der Waals surface area contributed by atoms with Gasteiger partial charge in [0.1, 0.15) is 17.3 Å². The van der Waals surface area contributed by atoms with Crippen molar-refractivity contribution in [2.75, 3.05) is 20.8 Å². The zero-order valence-electron chi connectivity index (χ0n) is 17.0. The molecular weight excluding hydrogens is 400 g/mol. The molecule has 0 N–H and O–H groups in total. The van der Waals surface area contributed by atoms with E-state index in [0.29, 0.717) is 34.0 Å². The van der Waals surface area contributed by atoms with Crippen LogP contribution >= 0.6 is 0 Å². The molecule has 31 heavy (non-hydrogen) atoms. The Hall–Kier alpha value is -4.13. The van der Waals surface area contributed by atoms with Crippen LogP contribution < -0.4 is 4.74 Å². The predicted molar refractivity (Wildman–Crippen MR) is 113 cm³/mol. The molecule has 0 spiro atoms. The van der Waals surface area contributed by atoms with Crippen LogP contribution in [-0.2, 0) is 14.3 Å². The van der Waals surface area contributed by atoms with E-state index in [1.54, 1.807) is 66.7 Å². The van der Waals surface area contributed by atoms with Crippen molar-refractivity contribution >= 4 is 23.8 Å². The minimum Gasteiger partial charge on any atom is -0.482 e. The topological polar surface area (TPSA) is 92.0 Å². The zero-order chi connectivity index (χ0) is 22.2. The molecule has 0 amide bonds. The molecule has 2 aromatic carbocycles. The first-order valence-electron chi connectivity index (χ1n) is 9.31. The summed E-state index contributed by atoms with van der Waals surface area (Å²) in [6, 6.07) is 16.8. The van der Waals surface area contributed by atoms with E-state index in [1.165, 1.54) is 20.3 Å². The quantitative estimate of drug-likeness (QED) is 0.307. The van der Waals surface area contributed by atoms with E-state index in [9.17, 15) is 14.4 Å². The van der Waals surface area contributed by atoms with Crippen LogP contribution in [0.15, 0.2) is 71.2 Å². The summed E-state index contributed by atoms with van der Waals surface area (Å²) in [7, 11) is 2.60. The highest BCUT2D eigenvalue weighted by atomic mass is 16.6. The highest BCUT2D eigenvalue weighted by Crippen LogP contribution is 2.27. The Morgan fingerprint density at radius 3 is 2.35 bits per heavy atom. The monoisotopic (exact) mass is 420 g/mol. The zero-order valence-corrected chi connectivity index (χ0v) is 17.0. The lowest BCUT2D eigenvalue weighted by atomic mass is 10.1. The second-order valence-corrected chi connectivity index (χ2v) is 6.33. The molecule has 0 unspecified atom stereocenters. The second kappa shape index (κ2) is 10.1. The van der Waals surface area contributed by atoms with Crippen LogP contribution in [-0.4, -0.2) is 38.5 Å². The summed E-state index contributed by atoms with van der Waals surface area (Å²) in [5.41, 5.74) is 1.44. The lowest BCUT2D eigenvalue weighted by Gasteiger charge is -2.05. The van der Waals surface area contributed by atoms with Gasteiger partial charge in [-0.25, -0.2) is 9.59 Å². The highest BCUT2D eigenvalue weighted by Gasteiger charge is 2.15. The van der Waals surface area contributed by atoms with E-state index in [0.717, 1.165) is 0 Å². The maximum atomic E-state index is 12.4. The van der Waals surface area contributed by atoms with Gasteiger partial charge in [-0.1, -0.05) is 18.2 Å². The summed E-state index contributed by atoms with van der Waals surface area (Å²) in [6.07, 6.45) is 2.94. The summed E-state index contributed by atoms with van der Waals surface area (Å²) in [4.78, 5) is 35.4. The number of esters is 2. The summed E-state index contributed by atoms with van der Waals surface area (Å²) in [6.45, 7) is -0.205. The summed E-state index contributed by atoms with van der Waals surface area (Å²) in [5.74, 6) is 0.216. The number of carbonyl (C=O) groups excluding carboxylic acids is 3. The molecule has 3 aromatic rings. The first-order chi connectivity index (χ1) is 15.0. The van der Waals surface area contributed by atoms with E-state index in [-0.39, 0.29) is 12.4 Å².